The molecule has 0 aliphatic rings. The van der Waals surface area contributed by atoms with Crippen LogP contribution in [0.1, 0.15) is 12.5 Å². The van der Waals surface area contributed by atoms with Gasteiger partial charge >= 0.3 is 0 Å². The summed E-state index contributed by atoms with van der Waals surface area (Å²) in [5, 5.41) is 2.98. The minimum absolute atomic E-state index is 0.202. The Kier molecular flexibility index (Phi) is 5.65. The summed E-state index contributed by atoms with van der Waals surface area (Å²) in [5.41, 5.74) is 1.18. The molecule has 0 aliphatic heterocycles. The molecule has 0 saturated heterocycles. The Morgan fingerprint density at radius 3 is 2.62 bits per heavy atom. The Hall–Kier alpha value is -1.52. The predicted molar refractivity (Wildman–Crippen MR) is 87.2 cm³/mol. The van der Waals surface area contributed by atoms with Gasteiger partial charge in [0.05, 0.1) is 10.9 Å². The first-order chi connectivity index (χ1) is 10.1. The smallest absolute Gasteiger partial charge is 0.237 e. The van der Waals surface area contributed by atoms with Gasteiger partial charge in [0.1, 0.15) is 5.82 Å². The lowest BCUT2D eigenvalue weighted by Crippen LogP contribution is -2.23. The zero-order valence-electron chi connectivity index (χ0n) is 11.5. The van der Waals surface area contributed by atoms with Crippen molar-refractivity contribution in [1.82, 2.24) is 0 Å². The van der Waals surface area contributed by atoms with Crippen LogP contribution in [0.3, 0.4) is 0 Å². The van der Waals surface area contributed by atoms with Gasteiger partial charge in [0.15, 0.2) is 0 Å². The highest BCUT2D eigenvalue weighted by Gasteiger charge is 2.15. The summed E-state index contributed by atoms with van der Waals surface area (Å²) in [7, 11) is 0. The Balaban J connectivity index is 1.91. The second-order valence-corrected chi connectivity index (χ2v) is 6.25. The zero-order chi connectivity index (χ0) is 15.2. The Bertz CT molecular complexity index is 635. The summed E-state index contributed by atoms with van der Waals surface area (Å²) in [4.78, 5) is 12.0. The molecule has 0 aromatic heterocycles. The van der Waals surface area contributed by atoms with E-state index in [2.05, 4.69) is 5.32 Å². The average molecular weight is 324 g/mol. The van der Waals surface area contributed by atoms with Crippen LogP contribution in [-0.2, 0) is 10.5 Å². The minimum Gasteiger partial charge on any atom is -0.323 e. The van der Waals surface area contributed by atoms with Crippen molar-refractivity contribution in [1.29, 1.82) is 0 Å². The van der Waals surface area contributed by atoms with Crippen molar-refractivity contribution in [2.24, 2.45) is 0 Å². The van der Waals surface area contributed by atoms with Crippen molar-refractivity contribution >= 4 is 35.0 Å². The number of nitrogens with one attached hydrogen (secondary N) is 1. The number of hydrogen-bond acceptors (Lipinski definition) is 2. The zero-order valence-corrected chi connectivity index (χ0v) is 13.0. The molecule has 110 valence electrons. The van der Waals surface area contributed by atoms with Crippen LogP contribution in [-0.4, -0.2) is 11.2 Å². The summed E-state index contributed by atoms with van der Waals surface area (Å²) in [6.45, 7) is 1.79. The number of thioether (sulfide) groups is 1. The third kappa shape index (κ3) is 4.48. The molecule has 2 aromatic rings. The summed E-state index contributed by atoms with van der Waals surface area (Å²) < 4.78 is 13.5. The number of para-hydroxylation sites is 1. The molecule has 0 aliphatic carbocycles. The minimum atomic E-state index is -0.436. The van der Waals surface area contributed by atoms with Gasteiger partial charge in [0.25, 0.3) is 0 Å². The summed E-state index contributed by atoms with van der Waals surface area (Å²) in [5.74, 6) is -0.0303. The SMILES string of the molecule is C[C@H](SCc1ccccc1Cl)C(=O)Nc1ccccc1F. The van der Waals surface area contributed by atoms with Crippen LogP contribution in [0.4, 0.5) is 10.1 Å². The number of anilines is 1. The van der Waals surface area contributed by atoms with E-state index in [1.165, 1.54) is 17.8 Å². The Morgan fingerprint density at radius 1 is 1.24 bits per heavy atom. The standard InChI is InChI=1S/C16H15ClFNOS/c1-11(21-10-12-6-2-3-7-13(12)17)16(20)19-15-9-5-4-8-14(15)18/h2-9,11H,10H2,1H3,(H,19,20)/t11-/m0/s1. The first-order valence-corrected chi connectivity index (χ1v) is 7.91. The highest BCUT2D eigenvalue weighted by Crippen LogP contribution is 2.24. The second-order valence-electron chi connectivity index (χ2n) is 4.51. The molecular formula is C16H15ClFNOS. The lowest BCUT2D eigenvalue weighted by Gasteiger charge is -2.13. The average Bonchev–Trinajstić information content (AvgIpc) is 2.48. The number of carbonyl (C=O) groups is 1. The van der Waals surface area contributed by atoms with Gasteiger partial charge < -0.3 is 5.32 Å². The molecule has 0 heterocycles. The fourth-order valence-electron chi connectivity index (χ4n) is 1.70. The summed E-state index contributed by atoms with van der Waals surface area (Å²) in [6, 6.07) is 13.6. The normalized spacial score (nSPS) is 12.0. The van der Waals surface area contributed by atoms with E-state index < -0.39 is 5.82 Å². The fourth-order valence-corrected chi connectivity index (χ4v) is 2.88. The number of halogens is 2. The molecule has 21 heavy (non-hydrogen) atoms. The van der Waals surface area contributed by atoms with Crippen molar-refractivity contribution in [3.05, 3.63) is 64.9 Å². The van der Waals surface area contributed by atoms with Gasteiger partial charge in [-0.2, -0.15) is 0 Å². The molecule has 0 fully saturated rings. The van der Waals surface area contributed by atoms with Crippen LogP contribution < -0.4 is 5.32 Å². The molecule has 0 saturated carbocycles. The van der Waals surface area contributed by atoms with Gasteiger partial charge in [-0.3, -0.25) is 4.79 Å². The van der Waals surface area contributed by atoms with Crippen LogP contribution in [0.5, 0.6) is 0 Å². The maximum Gasteiger partial charge on any atom is 0.237 e. The number of hydrogen-bond donors (Lipinski definition) is 1. The predicted octanol–water partition coefficient (Wildman–Crippen LogP) is 4.74. The summed E-state index contributed by atoms with van der Waals surface area (Å²) in [6.07, 6.45) is 0. The quantitative estimate of drug-likeness (QED) is 0.861. The van der Waals surface area contributed by atoms with E-state index >= 15 is 0 Å². The van der Waals surface area contributed by atoms with Crippen molar-refractivity contribution < 1.29 is 9.18 Å². The molecular weight excluding hydrogens is 309 g/mol. The highest BCUT2D eigenvalue weighted by atomic mass is 35.5. The Labute approximate surface area is 132 Å². The monoisotopic (exact) mass is 323 g/mol. The van der Waals surface area contributed by atoms with Crippen molar-refractivity contribution in [3.8, 4) is 0 Å². The third-order valence-corrected chi connectivity index (χ3v) is 4.51. The van der Waals surface area contributed by atoms with Crippen LogP contribution in [0.15, 0.2) is 48.5 Å². The van der Waals surface area contributed by atoms with E-state index in [4.69, 9.17) is 11.6 Å². The van der Waals surface area contributed by atoms with E-state index in [1.54, 1.807) is 25.1 Å². The van der Waals surface area contributed by atoms with Crippen molar-refractivity contribution in [2.45, 2.75) is 17.9 Å². The Morgan fingerprint density at radius 2 is 1.90 bits per heavy atom. The van der Waals surface area contributed by atoms with Crippen LogP contribution in [0.2, 0.25) is 5.02 Å². The van der Waals surface area contributed by atoms with Gasteiger partial charge in [-0.1, -0.05) is 41.9 Å². The molecule has 1 amide bonds. The highest BCUT2D eigenvalue weighted by molar-refractivity contribution is 7.99. The van der Waals surface area contributed by atoms with E-state index in [0.29, 0.717) is 10.8 Å². The molecule has 0 unspecified atom stereocenters. The third-order valence-electron chi connectivity index (χ3n) is 2.95. The number of carbonyl (C=O) groups excluding carboxylic acids is 1. The van der Waals surface area contributed by atoms with Crippen LogP contribution >= 0.6 is 23.4 Å². The molecule has 5 heteroatoms. The molecule has 2 aromatic carbocycles. The maximum atomic E-state index is 13.5. The van der Waals surface area contributed by atoms with E-state index in [-0.39, 0.29) is 16.8 Å². The molecule has 0 spiro atoms. The molecule has 0 radical (unpaired) electrons. The fraction of sp³-hybridized carbons (Fsp3) is 0.188. The van der Waals surface area contributed by atoms with Gasteiger partial charge in [-0.15, -0.1) is 11.8 Å². The number of rotatable bonds is 5. The molecule has 2 rings (SSSR count). The van der Waals surface area contributed by atoms with E-state index in [9.17, 15) is 9.18 Å². The topological polar surface area (TPSA) is 29.1 Å². The van der Waals surface area contributed by atoms with Crippen LogP contribution in [0.25, 0.3) is 0 Å². The van der Waals surface area contributed by atoms with E-state index in [0.717, 1.165) is 5.56 Å². The summed E-state index contributed by atoms with van der Waals surface area (Å²) >= 11 is 7.53. The number of amides is 1. The largest absolute Gasteiger partial charge is 0.323 e. The van der Waals surface area contributed by atoms with E-state index in [1.807, 2.05) is 24.3 Å². The van der Waals surface area contributed by atoms with Crippen molar-refractivity contribution in [2.75, 3.05) is 5.32 Å². The lowest BCUT2D eigenvalue weighted by atomic mass is 10.2. The molecule has 1 N–H and O–H groups in total. The van der Waals surface area contributed by atoms with Gasteiger partial charge in [0, 0.05) is 10.8 Å². The van der Waals surface area contributed by atoms with Gasteiger partial charge in [-0.25, -0.2) is 4.39 Å². The van der Waals surface area contributed by atoms with Gasteiger partial charge in [-0.05, 0) is 30.7 Å². The first-order valence-electron chi connectivity index (χ1n) is 6.48. The van der Waals surface area contributed by atoms with Gasteiger partial charge in [0.2, 0.25) is 5.91 Å². The molecule has 2 nitrogen and oxygen atoms in total. The second kappa shape index (κ2) is 7.48. The maximum absolute atomic E-state index is 13.5. The molecule has 1 atom stereocenters. The first kappa shape index (κ1) is 15.9. The lowest BCUT2D eigenvalue weighted by molar-refractivity contribution is -0.115. The van der Waals surface area contributed by atoms with Crippen LogP contribution in [0, 0.1) is 5.82 Å². The number of benzene rings is 2. The molecule has 0 bridgehead atoms. The van der Waals surface area contributed by atoms with Crippen molar-refractivity contribution in [3.63, 3.8) is 0 Å².